The topological polar surface area (TPSA) is 23.6 Å². The fourth-order valence-electron chi connectivity index (χ4n) is 5.18. The third kappa shape index (κ3) is 4.19. The van der Waals surface area contributed by atoms with Crippen LogP contribution < -0.4 is 4.90 Å². The summed E-state index contributed by atoms with van der Waals surface area (Å²) in [5, 5.41) is 1.48. The Morgan fingerprint density at radius 3 is 2.52 bits per heavy atom. The lowest BCUT2D eigenvalue weighted by molar-refractivity contribution is -0.119. The number of nitrogens with zero attached hydrogens (tertiary/aromatic N) is 2. The van der Waals surface area contributed by atoms with Gasteiger partial charge in [0.2, 0.25) is 5.91 Å². The molecule has 2 saturated heterocycles. The van der Waals surface area contributed by atoms with Crippen LogP contribution in [0.5, 0.6) is 0 Å². The van der Waals surface area contributed by atoms with Gasteiger partial charge in [-0.05, 0) is 61.7 Å². The normalized spacial score (nSPS) is 24.7. The summed E-state index contributed by atoms with van der Waals surface area (Å²) in [5.41, 5.74) is 2.09. The summed E-state index contributed by atoms with van der Waals surface area (Å²) < 4.78 is 0. The molecule has 4 rings (SSSR count). The summed E-state index contributed by atoms with van der Waals surface area (Å²) >= 11 is 12.8. The van der Waals surface area contributed by atoms with Crippen molar-refractivity contribution in [1.82, 2.24) is 4.90 Å². The number of hydrogen-bond acceptors (Lipinski definition) is 2. The zero-order chi connectivity index (χ0) is 20.4. The highest BCUT2D eigenvalue weighted by atomic mass is 35.5. The summed E-state index contributed by atoms with van der Waals surface area (Å²) in [7, 11) is 0. The highest BCUT2D eigenvalue weighted by molar-refractivity contribution is 6.31. The average Bonchev–Trinajstić information content (AvgIpc) is 2.75. The third-order valence-electron chi connectivity index (χ3n) is 6.48. The van der Waals surface area contributed by atoms with Gasteiger partial charge in [-0.2, -0.15) is 0 Å². The van der Waals surface area contributed by atoms with E-state index in [0.29, 0.717) is 17.5 Å². The number of anilines is 1. The zero-order valence-corrected chi connectivity index (χ0v) is 18.4. The second kappa shape index (κ2) is 9.07. The standard InChI is InChI=1S/C24H28Cl2N2O/c1-2-23(29)28(18-12-10-17(25)11-13-18)22-14-16-27-15-6-5-9-21(27)24(22)19-7-3-4-8-20(19)26/h3-4,7-8,10-13,21-22,24H,2,5-6,9,14-16H2,1H3/t21-,22-,24?/m0/s1. The molecule has 0 radical (unpaired) electrons. The summed E-state index contributed by atoms with van der Waals surface area (Å²) in [6, 6.07) is 16.3. The molecule has 0 N–H and O–H groups in total. The number of benzene rings is 2. The van der Waals surface area contributed by atoms with Gasteiger partial charge in [0.25, 0.3) is 0 Å². The van der Waals surface area contributed by atoms with E-state index in [4.69, 9.17) is 23.2 Å². The summed E-state index contributed by atoms with van der Waals surface area (Å²) in [4.78, 5) is 17.8. The molecule has 3 atom stereocenters. The minimum Gasteiger partial charge on any atom is -0.309 e. The van der Waals surface area contributed by atoms with Gasteiger partial charge in [0.05, 0.1) is 0 Å². The monoisotopic (exact) mass is 430 g/mol. The van der Waals surface area contributed by atoms with Crippen molar-refractivity contribution in [2.24, 2.45) is 0 Å². The van der Waals surface area contributed by atoms with Gasteiger partial charge < -0.3 is 4.90 Å². The van der Waals surface area contributed by atoms with E-state index < -0.39 is 0 Å². The Labute approximate surface area is 183 Å². The zero-order valence-electron chi connectivity index (χ0n) is 16.9. The van der Waals surface area contributed by atoms with Crippen LogP contribution in [0.4, 0.5) is 5.69 Å². The highest BCUT2D eigenvalue weighted by Gasteiger charge is 2.44. The summed E-state index contributed by atoms with van der Waals surface area (Å²) in [6.07, 6.45) is 5.06. The van der Waals surface area contributed by atoms with E-state index in [1.54, 1.807) is 0 Å². The van der Waals surface area contributed by atoms with Crippen molar-refractivity contribution in [3.63, 3.8) is 0 Å². The predicted octanol–water partition coefficient (Wildman–Crippen LogP) is 6.15. The number of piperidine rings is 2. The minimum absolute atomic E-state index is 0.0860. The van der Waals surface area contributed by atoms with Crippen LogP contribution in [-0.2, 0) is 4.79 Å². The maximum absolute atomic E-state index is 13.2. The Balaban J connectivity index is 1.80. The maximum atomic E-state index is 13.2. The molecule has 3 nitrogen and oxygen atoms in total. The molecule has 0 aliphatic carbocycles. The first-order valence-electron chi connectivity index (χ1n) is 10.7. The van der Waals surface area contributed by atoms with Crippen LogP contribution in [0, 0.1) is 0 Å². The number of carbonyl (C=O) groups is 1. The molecule has 0 saturated carbocycles. The lowest BCUT2D eigenvalue weighted by Crippen LogP contribution is -2.58. The van der Waals surface area contributed by atoms with Crippen molar-refractivity contribution in [2.75, 3.05) is 18.0 Å². The van der Waals surface area contributed by atoms with Gasteiger partial charge in [0.15, 0.2) is 0 Å². The molecule has 5 heteroatoms. The molecular formula is C24H28Cl2N2O. The van der Waals surface area contributed by atoms with E-state index in [1.165, 1.54) is 18.4 Å². The second-order valence-corrected chi connectivity index (χ2v) is 8.94. The molecular weight excluding hydrogens is 403 g/mol. The molecule has 2 aromatic rings. The molecule has 2 heterocycles. The van der Waals surface area contributed by atoms with Crippen LogP contribution in [-0.4, -0.2) is 36.0 Å². The lowest BCUT2D eigenvalue weighted by Gasteiger charge is -2.51. The SMILES string of the molecule is CCC(=O)N(c1ccc(Cl)cc1)[C@H]1CCN2CCCC[C@H]2C1c1ccccc1Cl. The molecule has 154 valence electrons. The smallest absolute Gasteiger partial charge is 0.226 e. The van der Waals surface area contributed by atoms with Crippen molar-refractivity contribution >= 4 is 34.8 Å². The number of amides is 1. The van der Waals surface area contributed by atoms with E-state index in [-0.39, 0.29) is 17.9 Å². The quantitative estimate of drug-likeness (QED) is 0.580. The van der Waals surface area contributed by atoms with Crippen molar-refractivity contribution in [1.29, 1.82) is 0 Å². The number of rotatable bonds is 4. The molecule has 0 spiro atoms. The van der Waals surface area contributed by atoms with Crippen LogP contribution in [0.3, 0.4) is 0 Å². The van der Waals surface area contributed by atoms with Crippen LogP contribution in [0.1, 0.15) is 50.5 Å². The first-order chi connectivity index (χ1) is 14.1. The Morgan fingerprint density at radius 1 is 1.03 bits per heavy atom. The van der Waals surface area contributed by atoms with Crippen molar-refractivity contribution in [2.45, 2.75) is 57.0 Å². The van der Waals surface area contributed by atoms with Gasteiger partial charge in [-0.25, -0.2) is 0 Å². The van der Waals surface area contributed by atoms with Gasteiger partial charge >= 0.3 is 0 Å². The number of hydrogen-bond donors (Lipinski definition) is 0. The minimum atomic E-state index is 0.0860. The molecule has 1 amide bonds. The number of halogens is 2. The highest BCUT2D eigenvalue weighted by Crippen LogP contribution is 2.43. The molecule has 2 fully saturated rings. The van der Waals surface area contributed by atoms with Crippen LogP contribution >= 0.6 is 23.2 Å². The first-order valence-corrected chi connectivity index (χ1v) is 11.4. The average molecular weight is 431 g/mol. The van der Waals surface area contributed by atoms with E-state index in [9.17, 15) is 4.79 Å². The van der Waals surface area contributed by atoms with Crippen molar-refractivity contribution < 1.29 is 4.79 Å². The van der Waals surface area contributed by atoms with Crippen LogP contribution in [0.25, 0.3) is 0 Å². The lowest BCUT2D eigenvalue weighted by atomic mass is 9.75. The van der Waals surface area contributed by atoms with Gasteiger partial charge in [-0.3, -0.25) is 9.69 Å². The number of carbonyl (C=O) groups excluding carboxylic acids is 1. The van der Waals surface area contributed by atoms with E-state index in [0.717, 1.165) is 36.6 Å². The van der Waals surface area contributed by atoms with Gasteiger partial charge in [0.1, 0.15) is 0 Å². The Hall–Kier alpha value is -1.55. The first kappa shape index (κ1) is 20.7. The summed E-state index contributed by atoms with van der Waals surface area (Å²) in [5.74, 6) is 0.350. The Kier molecular flexibility index (Phi) is 6.48. The van der Waals surface area contributed by atoms with Gasteiger partial charge in [-0.1, -0.05) is 54.7 Å². The molecule has 0 aromatic heterocycles. The fourth-order valence-corrected chi connectivity index (χ4v) is 5.56. The van der Waals surface area contributed by atoms with Crippen molar-refractivity contribution in [3.05, 3.63) is 64.1 Å². The van der Waals surface area contributed by atoms with E-state index in [2.05, 4.69) is 17.0 Å². The molecule has 2 aromatic carbocycles. The molecule has 2 aliphatic rings. The summed E-state index contributed by atoms with van der Waals surface area (Å²) in [6.45, 7) is 4.10. The number of fused-ring (bicyclic) bond motifs is 1. The molecule has 2 aliphatic heterocycles. The van der Waals surface area contributed by atoms with Gasteiger partial charge in [-0.15, -0.1) is 0 Å². The van der Waals surface area contributed by atoms with E-state index >= 15 is 0 Å². The van der Waals surface area contributed by atoms with Gasteiger partial charge in [0, 0.05) is 46.7 Å². The maximum Gasteiger partial charge on any atom is 0.226 e. The second-order valence-electron chi connectivity index (χ2n) is 8.10. The van der Waals surface area contributed by atoms with Crippen LogP contribution in [0.2, 0.25) is 10.0 Å². The Morgan fingerprint density at radius 2 is 1.79 bits per heavy atom. The van der Waals surface area contributed by atoms with E-state index in [1.807, 2.05) is 48.2 Å². The third-order valence-corrected chi connectivity index (χ3v) is 7.07. The fraction of sp³-hybridized carbons (Fsp3) is 0.458. The molecule has 29 heavy (non-hydrogen) atoms. The van der Waals surface area contributed by atoms with Crippen LogP contribution in [0.15, 0.2) is 48.5 Å². The van der Waals surface area contributed by atoms with Crippen molar-refractivity contribution in [3.8, 4) is 0 Å². The largest absolute Gasteiger partial charge is 0.309 e. The predicted molar refractivity (Wildman–Crippen MR) is 121 cm³/mol. The Bertz CT molecular complexity index is 854. The molecule has 0 bridgehead atoms. The molecule has 1 unspecified atom stereocenters.